The Labute approximate surface area is 102 Å². The van der Waals surface area contributed by atoms with Crippen LogP contribution >= 0.6 is 22.9 Å². The fourth-order valence-corrected chi connectivity index (χ4v) is 2.24. The Bertz CT molecular complexity index is 510. The molecule has 0 bridgehead atoms. The molecule has 0 saturated heterocycles. The minimum Gasteiger partial charge on any atom is -0.207 e. The standard InChI is InChI=1S/C11H10ClFN2S/c1-6-5-8(3-4-9(6)13)11-15-14-10(16-11)7(2)12/h3-5,7H,1-2H3. The molecule has 2 aromatic rings. The van der Waals surface area contributed by atoms with Gasteiger partial charge in [-0.3, -0.25) is 0 Å². The van der Waals surface area contributed by atoms with Crippen molar-refractivity contribution < 1.29 is 4.39 Å². The molecule has 0 spiro atoms. The van der Waals surface area contributed by atoms with Crippen LogP contribution in [0.5, 0.6) is 0 Å². The first kappa shape index (κ1) is 11.5. The number of hydrogen-bond acceptors (Lipinski definition) is 3. The van der Waals surface area contributed by atoms with Gasteiger partial charge in [0.05, 0.1) is 5.38 Å². The van der Waals surface area contributed by atoms with Crippen LogP contribution in [0, 0.1) is 12.7 Å². The molecule has 16 heavy (non-hydrogen) atoms. The van der Waals surface area contributed by atoms with Crippen LogP contribution in [-0.4, -0.2) is 10.2 Å². The summed E-state index contributed by atoms with van der Waals surface area (Å²) in [5, 5.41) is 9.43. The van der Waals surface area contributed by atoms with Crippen molar-refractivity contribution in [2.24, 2.45) is 0 Å². The van der Waals surface area contributed by atoms with Crippen LogP contribution in [0.15, 0.2) is 18.2 Å². The van der Waals surface area contributed by atoms with Gasteiger partial charge in [-0.25, -0.2) is 4.39 Å². The summed E-state index contributed by atoms with van der Waals surface area (Å²) >= 11 is 7.34. The zero-order valence-electron chi connectivity index (χ0n) is 8.87. The highest BCUT2D eigenvalue weighted by Crippen LogP contribution is 2.29. The second kappa shape index (κ2) is 4.47. The van der Waals surface area contributed by atoms with Crippen LogP contribution in [0.1, 0.15) is 22.9 Å². The van der Waals surface area contributed by atoms with Gasteiger partial charge in [0.25, 0.3) is 0 Å². The highest BCUT2D eigenvalue weighted by atomic mass is 35.5. The molecular formula is C11H10ClFN2S. The van der Waals surface area contributed by atoms with Crippen molar-refractivity contribution in [3.63, 3.8) is 0 Å². The lowest BCUT2D eigenvalue weighted by Crippen LogP contribution is -1.83. The van der Waals surface area contributed by atoms with Crippen molar-refractivity contribution >= 4 is 22.9 Å². The topological polar surface area (TPSA) is 25.8 Å². The molecule has 0 fully saturated rings. The number of aryl methyl sites for hydroxylation is 1. The summed E-state index contributed by atoms with van der Waals surface area (Å²) in [6.45, 7) is 3.58. The molecule has 2 nitrogen and oxygen atoms in total. The number of rotatable bonds is 2. The highest BCUT2D eigenvalue weighted by Gasteiger charge is 2.11. The third-order valence-corrected chi connectivity index (χ3v) is 3.68. The Morgan fingerprint density at radius 3 is 2.69 bits per heavy atom. The molecule has 1 aromatic carbocycles. The fourth-order valence-electron chi connectivity index (χ4n) is 1.29. The molecule has 1 atom stereocenters. The van der Waals surface area contributed by atoms with Crippen LogP contribution in [-0.2, 0) is 0 Å². The van der Waals surface area contributed by atoms with E-state index < -0.39 is 0 Å². The quantitative estimate of drug-likeness (QED) is 0.761. The Morgan fingerprint density at radius 1 is 1.38 bits per heavy atom. The van der Waals surface area contributed by atoms with Gasteiger partial charge in [0.1, 0.15) is 15.8 Å². The Hall–Kier alpha value is -1.000. The number of halogens is 2. The van der Waals surface area contributed by atoms with Crippen molar-refractivity contribution in [3.8, 4) is 10.6 Å². The summed E-state index contributed by atoms with van der Waals surface area (Å²) < 4.78 is 13.1. The van der Waals surface area contributed by atoms with Crippen LogP contribution in [0.2, 0.25) is 0 Å². The minimum atomic E-state index is -0.209. The number of hydrogen-bond donors (Lipinski definition) is 0. The van der Waals surface area contributed by atoms with E-state index in [1.54, 1.807) is 19.1 Å². The van der Waals surface area contributed by atoms with E-state index in [9.17, 15) is 4.39 Å². The molecule has 5 heteroatoms. The molecule has 0 amide bonds. The first-order valence-corrected chi connectivity index (χ1v) is 6.07. The summed E-state index contributed by atoms with van der Waals surface area (Å²) in [7, 11) is 0. The number of benzene rings is 1. The lowest BCUT2D eigenvalue weighted by atomic mass is 10.1. The van der Waals surface area contributed by atoms with E-state index in [-0.39, 0.29) is 11.2 Å². The second-order valence-corrected chi connectivity index (χ2v) is 5.19. The SMILES string of the molecule is Cc1cc(-c2nnc(C(C)Cl)s2)ccc1F. The molecule has 2 rings (SSSR count). The zero-order valence-corrected chi connectivity index (χ0v) is 10.4. The van der Waals surface area contributed by atoms with Gasteiger partial charge < -0.3 is 0 Å². The van der Waals surface area contributed by atoms with E-state index in [4.69, 9.17) is 11.6 Å². The summed E-state index contributed by atoms with van der Waals surface area (Å²) in [4.78, 5) is 0. The van der Waals surface area contributed by atoms with Gasteiger partial charge in [0.15, 0.2) is 0 Å². The molecule has 0 N–H and O–H groups in total. The van der Waals surface area contributed by atoms with Crippen LogP contribution in [0.3, 0.4) is 0 Å². The second-order valence-electron chi connectivity index (χ2n) is 3.53. The van der Waals surface area contributed by atoms with Gasteiger partial charge in [-0.2, -0.15) is 0 Å². The average Bonchev–Trinajstić information content (AvgIpc) is 2.71. The van der Waals surface area contributed by atoms with Crippen molar-refractivity contribution in [1.82, 2.24) is 10.2 Å². The molecule has 1 unspecified atom stereocenters. The molecule has 84 valence electrons. The van der Waals surface area contributed by atoms with Crippen molar-refractivity contribution in [2.45, 2.75) is 19.2 Å². The molecule has 0 saturated carbocycles. The average molecular weight is 257 g/mol. The molecule has 0 aliphatic heterocycles. The zero-order chi connectivity index (χ0) is 11.7. The maximum Gasteiger partial charge on any atom is 0.147 e. The molecule has 0 aliphatic carbocycles. The largest absolute Gasteiger partial charge is 0.207 e. The smallest absolute Gasteiger partial charge is 0.147 e. The van der Waals surface area contributed by atoms with Gasteiger partial charge in [-0.05, 0) is 37.6 Å². The maximum absolute atomic E-state index is 13.1. The van der Waals surface area contributed by atoms with Crippen LogP contribution < -0.4 is 0 Å². The van der Waals surface area contributed by atoms with E-state index in [0.29, 0.717) is 5.56 Å². The normalized spacial score (nSPS) is 12.8. The van der Waals surface area contributed by atoms with Crippen molar-refractivity contribution in [3.05, 3.63) is 34.6 Å². The van der Waals surface area contributed by atoms with Crippen molar-refractivity contribution in [1.29, 1.82) is 0 Å². The maximum atomic E-state index is 13.1. The molecular weight excluding hydrogens is 247 g/mol. The fraction of sp³-hybridized carbons (Fsp3) is 0.273. The monoisotopic (exact) mass is 256 g/mol. The first-order valence-electron chi connectivity index (χ1n) is 4.82. The van der Waals surface area contributed by atoms with Gasteiger partial charge in [0.2, 0.25) is 0 Å². The predicted octanol–water partition coefficient (Wildman–Crippen LogP) is 3.95. The van der Waals surface area contributed by atoms with Crippen LogP contribution in [0.25, 0.3) is 10.6 Å². The lowest BCUT2D eigenvalue weighted by molar-refractivity contribution is 0.619. The lowest BCUT2D eigenvalue weighted by Gasteiger charge is -1.98. The van der Waals surface area contributed by atoms with E-state index in [2.05, 4.69) is 10.2 Å². The third kappa shape index (κ3) is 2.23. The van der Waals surface area contributed by atoms with Crippen LogP contribution in [0.4, 0.5) is 4.39 Å². The van der Waals surface area contributed by atoms with E-state index >= 15 is 0 Å². The minimum absolute atomic E-state index is 0.146. The number of nitrogens with zero attached hydrogens (tertiary/aromatic N) is 2. The summed E-state index contributed by atoms with van der Waals surface area (Å²) in [6.07, 6.45) is 0. The van der Waals surface area contributed by atoms with E-state index in [1.807, 2.05) is 6.92 Å². The number of alkyl halides is 1. The van der Waals surface area contributed by atoms with Gasteiger partial charge in [-0.15, -0.1) is 21.8 Å². The third-order valence-electron chi connectivity index (χ3n) is 2.19. The Morgan fingerprint density at radius 2 is 2.12 bits per heavy atom. The summed E-state index contributed by atoms with van der Waals surface area (Å²) in [6, 6.07) is 4.90. The first-order chi connectivity index (χ1) is 7.58. The number of aromatic nitrogens is 2. The molecule has 1 aromatic heterocycles. The summed E-state index contributed by atoms with van der Waals surface area (Å²) in [5.74, 6) is -0.209. The Kier molecular flexibility index (Phi) is 3.21. The predicted molar refractivity (Wildman–Crippen MR) is 64.3 cm³/mol. The van der Waals surface area contributed by atoms with E-state index in [0.717, 1.165) is 15.6 Å². The van der Waals surface area contributed by atoms with Crippen molar-refractivity contribution in [2.75, 3.05) is 0 Å². The highest BCUT2D eigenvalue weighted by molar-refractivity contribution is 7.15. The van der Waals surface area contributed by atoms with Gasteiger partial charge in [0, 0.05) is 5.56 Å². The summed E-state index contributed by atoms with van der Waals surface area (Å²) in [5.41, 5.74) is 1.48. The molecule has 0 radical (unpaired) electrons. The van der Waals surface area contributed by atoms with E-state index in [1.165, 1.54) is 17.4 Å². The molecule has 0 aliphatic rings. The Balaban J connectivity index is 2.39. The van der Waals surface area contributed by atoms with Gasteiger partial charge in [-0.1, -0.05) is 11.3 Å². The molecule has 1 heterocycles. The van der Waals surface area contributed by atoms with Gasteiger partial charge >= 0.3 is 0 Å².